The van der Waals surface area contributed by atoms with Gasteiger partial charge in [0.1, 0.15) is 5.72 Å². The molecule has 1 fully saturated rings. The highest BCUT2D eigenvalue weighted by Crippen LogP contribution is 2.18. The standard InChI is InChI=1S/C5H11BrN2O/c6-8-3-1-5(7,9)2-4-8/h9H,1-4,7H2. The van der Waals surface area contributed by atoms with Gasteiger partial charge in [0, 0.05) is 42.1 Å². The molecule has 0 unspecified atom stereocenters. The highest BCUT2D eigenvalue weighted by atomic mass is 79.9. The third kappa shape index (κ3) is 2.21. The lowest BCUT2D eigenvalue weighted by Gasteiger charge is -2.31. The van der Waals surface area contributed by atoms with Crippen molar-refractivity contribution < 1.29 is 5.11 Å². The Hall–Kier alpha value is 0.360. The summed E-state index contributed by atoms with van der Waals surface area (Å²) in [7, 11) is 0. The molecule has 0 aliphatic carbocycles. The molecule has 1 heterocycles. The summed E-state index contributed by atoms with van der Waals surface area (Å²) in [4.78, 5) is 0. The molecule has 1 saturated heterocycles. The lowest BCUT2D eigenvalue weighted by molar-refractivity contribution is 0.00386. The largest absolute Gasteiger partial charge is 0.376 e. The third-order valence-electron chi connectivity index (χ3n) is 1.57. The molecule has 1 aliphatic rings. The quantitative estimate of drug-likeness (QED) is 0.423. The van der Waals surface area contributed by atoms with Crippen LogP contribution in [0.4, 0.5) is 0 Å². The summed E-state index contributed by atoms with van der Waals surface area (Å²) in [6, 6.07) is 0. The first-order valence-corrected chi connectivity index (χ1v) is 3.73. The van der Waals surface area contributed by atoms with Crippen LogP contribution < -0.4 is 5.73 Å². The Balaban J connectivity index is 2.35. The Bertz CT molecular complexity index is 97.1. The van der Waals surface area contributed by atoms with Gasteiger partial charge in [-0.3, -0.25) is 0 Å². The van der Waals surface area contributed by atoms with E-state index in [4.69, 9.17) is 5.73 Å². The summed E-state index contributed by atoms with van der Waals surface area (Å²) in [5, 5.41) is 9.22. The van der Waals surface area contributed by atoms with Crippen molar-refractivity contribution in [2.45, 2.75) is 18.6 Å². The van der Waals surface area contributed by atoms with E-state index in [-0.39, 0.29) is 0 Å². The molecule has 0 atom stereocenters. The van der Waals surface area contributed by atoms with Gasteiger partial charge in [-0.1, -0.05) is 0 Å². The van der Waals surface area contributed by atoms with Crippen LogP contribution in [0, 0.1) is 0 Å². The maximum absolute atomic E-state index is 9.22. The second-order valence-electron chi connectivity index (χ2n) is 2.51. The molecule has 0 spiro atoms. The fraction of sp³-hybridized carbons (Fsp3) is 1.00. The van der Waals surface area contributed by atoms with Gasteiger partial charge in [0.15, 0.2) is 0 Å². The number of aliphatic hydroxyl groups is 1. The molecule has 3 nitrogen and oxygen atoms in total. The van der Waals surface area contributed by atoms with E-state index >= 15 is 0 Å². The van der Waals surface area contributed by atoms with Crippen LogP contribution in [0.5, 0.6) is 0 Å². The minimum atomic E-state index is -0.912. The van der Waals surface area contributed by atoms with Crippen LogP contribution >= 0.6 is 16.1 Å². The second-order valence-corrected chi connectivity index (χ2v) is 3.52. The van der Waals surface area contributed by atoms with E-state index in [1.165, 1.54) is 0 Å². The predicted molar refractivity (Wildman–Crippen MR) is 38.9 cm³/mol. The van der Waals surface area contributed by atoms with E-state index in [9.17, 15) is 5.11 Å². The van der Waals surface area contributed by atoms with Crippen molar-refractivity contribution >= 4 is 16.1 Å². The van der Waals surface area contributed by atoms with Crippen LogP contribution in [0.3, 0.4) is 0 Å². The SMILES string of the molecule is NC1(O)CCN(Br)CC1. The van der Waals surface area contributed by atoms with E-state index in [0.717, 1.165) is 13.1 Å². The number of nitrogens with zero attached hydrogens (tertiary/aromatic N) is 1. The van der Waals surface area contributed by atoms with Gasteiger partial charge < -0.3 is 10.8 Å². The monoisotopic (exact) mass is 194 g/mol. The number of nitrogens with two attached hydrogens (primary N) is 1. The average molecular weight is 195 g/mol. The van der Waals surface area contributed by atoms with Gasteiger partial charge in [-0.25, -0.2) is 3.93 Å². The zero-order valence-corrected chi connectivity index (χ0v) is 6.76. The van der Waals surface area contributed by atoms with Crippen molar-refractivity contribution in [3.05, 3.63) is 0 Å². The van der Waals surface area contributed by atoms with Gasteiger partial charge in [0.2, 0.25) is 0 Å². The van der Waals surface area contributed by atoms with Crippen molar-refractivity contribution in [2.75, 3.05) is 13.1 Å². The number of piperidine rings is 1. The maximum Gasteiger partial charge on any atom is 0.116 e. The summed E-state index contributed by atoms with van der Waals surface area (Å²) < 4.78 is 1.98. The van der Waals surface area contributed by atoms with E-state index in [0.29, 0.717) is 12.8 Å². The maximum atomic E-state index is 9.22. The molecule has 0 amide bonds. The van der Waals surface area contributed by atoms with Crippen molar-refractivity contribution in [1.29, 1.82) is 0 Å². The predicted octanol–water partition coefficient (Wildman–Crippen LogP) is 0.0394. The Labute approximate surface area is 63.2 Å². The van der Waals surface area contributed by atoms with Gasteiger partial charge in [-0.2, -0.15) is 0 Å². The van der Waals surface area contributed by atoms with Gasteiger partial charge in [-0.05, 0) is 0 Å². The number of hydrogen-bond acceptors (Lipinski definition) is 3. The summed E-state index contributed by atoms with van der Waals surface area (Å²) in [6.07, 6.45) is 1.30. The topological polar surface area (TPSA) is 49.5 Å². The molecule has 54 valence electrons. The highest BCUT2D eigenvalue weighted by Gasteiger charge is 2.26. The molecule has 0 aromatic rings. The van der Waals surface area contributed by atoms with E-state index in [2.05, 4.69) is 16.1 Å². The molecular weight excluding hydrogens is 184 g/mol. The molecule has 1 aliphatic heterocycles. The van der Waals surface area contributed by atoms with Gasteiger partial charge in [-0.15, -0.1) is 0 Å². The first kappa shape index (κ1) is 7.47. The molecule has 0 bridgehead atoms. The smallest absolute Gasteiger partial charge is 0.116 e. The Kier molecular flexibility index (Phi) is 2.10. The molecule has 0 aromatic heterocycles. The molecule has 3 N–H and O–H groups in total. The Morgan fingerprint density at radius 3 is 2.22 bits per heavy atom. The van der Waals surface area contributed by atoms with Crippen LogP contribution in [0.2, 0.25) is 0 Å². The lowest BCUT2D eigenvalue weighted by atomic mass is 10.0. The zero-order valence-electron chi connectivity index (χ0n) is 5.18. The minimum Gasteiger partial charge on any atom is -0.376 e. The Morgan fingerprint density at radius 1 is 1.44 bits per heavy atom. The zero-order chi connectivity index (χ0) is 6.91. The molecule has 0 radical (unpaired) electrons. The normalized spacial score (nSPS) is 28.3. The van der Waals surface area contributed by atoms with Gasteiger partial charge >= 0.3 is 0 Å². The number of hydrogen-bond donors (Lipinski definition) is 2. The highest BCUT2D eigenvalue weighted by molar-refractivity contribution is 9.07. The first-order chi connectivity index (χ1) is 4.10. The first-order valence-electron chi connectivity index (χ1n) is 3.02. The third-order valence-corrected chi connectivity index (χ3v) is 2.28. The molecule has 4 heteroatoms. The summed E-state index contributed by atoms with van der Waals surface area (Å²) in [5.41, 5.74) is 4.54. The molecule has 1 rings (SSSR count). The summed E-state index contributed by atoms with van der Waals surface area (Å²) >= 11 is 3.31. The fourth-order valence-corrected chi connectivity index (χ4v) is 1.22. The molecular formula is C5H11BrN2O. The van der Waals surface area contributed by atoms with Gasteiger partial charge in [0.05, 0.1) is 0 Å². The summed E-state index contributed by atoms with van der Waals surface area (Å²) in [5.74, 6) is 0. The second kappa shape index (κ2) is 2.54. The van der Waals surface area contributed by atoms with Crippen LogP contribution in [0.25, 0.3) is 0 Å². The molecule has 9 heavy (non-hydrogen) atoms. The van der Waals surface area contributed by atoms with E-state index in [1.807, 2.05) is 3.93 Å². The molecule has 0 saturated carbocycles. The summed E-state index contributed by atoms with van der Waals surface area (Å²) in [6.45, 7) is 1.65. The van der Waals surface area contributed by atoms with Crippen LogP contribution in [0.1, 0.15) is 12.8 Å². The minimum absolute atomic E-state index is 0.651. The van der Waals surface area contributed by atoms with Crippen LogP contribution in [-0.4, -0.2) is 27.8 Å². The lowest BCUT2D eigenvalue weighted by Crippen LogP contribution is -2.47. The van der Waals surface area contributed by atoms with E-state index < -0.39 is 5.72 Å². The van der Waals surface area contributed by atoms with Crippen LogP contribution in [-0.2, 0) is 0 Å². The number of halogens is 1. The van der Waals surface area contributed by atoms with Gasteiger partial charge in [0.25, 0.3) is 0 Å². The van der Waals surface area contributed by atoms with E-state index in [1.54, 1.807) is 0 Å². The molecule has 0 aromatic carbocycles. The average Bonchev–Trinajstić information content (AvgIpc) is 1.78. The van der Waals surface area contributed by atoms with Crippen molar-refractivity contribution in [3.63, 3.8) is 0 Å². The number of rotatable bonds is 0. The van der Waals surface area contributed by atoms with Crippen LogP contribution in [0.15, 0.2) is 0 Å². The van der Waals surface area contributed by atoms with Crippen molar-refractivity contribution in [1.82, 2.24) is 3.93 Å². The van der Waals surface area contributed by atoms with Crippen molar-refractivity contribution in [2.24, 2.45) is 5.73 Å². The fourth-order valence-electron chi connectivity index (χ4n) is 0.867. The Morgan fingerprint density at radius 2 is 1.89 bits per heavy atom. The van der Waals surface area contributed by atoms with Crippen molar-refractivity contribution in [3.8, 4) is 0 Å².